The van der Waals surface area contributed by atoms with Gasteiger partial charge in [-0.15, -0.1) is 0 Å². The molecule has 5 heteroatoms. The second-order valence-electron chi connectivity index (χ2n) is 8.36. The molecule has 0 radical (unpaired) electrons. The summed E-state index contributed by atoms with van der Waals surface area (Å²) < 4.78 is 16.7. The van der Waals surface area contributed by atoms with Crippen molar-refractivity contribution in [3.63, 3.8) is 0 Å². The van der Waals surface area contributed by atoms with Crippen LogP contribution in [0, 0.1) is 0 Å². The summed E-state index contributed by atoms with van der Waals surface area (Å²) in [4.78, 5) is 15.7. The smallest absolute Gasteiger partial charge is 0.254 e. The zero-order valence-electron chi connectivity index (χ0n) is 18.6. The minimum atomic E-state index is 0.0464. The van der Waals surface area contributed by atoms with E-state index in [0.29, 0.717) is 12.3 Å². The zero-order chi connectivity index (χ0) is 22.2. The predicted octanol–water partition coefficient (Wildman–Crippen LogP) is 4.82. The Morgan fingerprint density at radius 1 is 0.875 bits per heavy atom. The summed E-state index contributed by atoms with van der Waals surface area (Å²) in [7, 11) is 4.98. The number of carbonyl (C=O) groups is 1. The maximum Gasteiger partial charge on any atom is 0.254 e. The topological polar surface area (TPSA) is 48.0 Å². The van der Waals surface area contributed by atoms with Gasteiger partial charge in [0.05, 0.1) is 21.3 Å². The van der Waals surface area contributed by atoms with Gasteiger partial charge in [0, 0.05) is 24.1 Å². The van der Waals surface area contributed by atoms with Gasteiger partial charge in [0.1, 0.15) is 5.75 Å². The monoisotopic (exact) mass is 429 g/mol. The SMILES string of the molecule is COc1ccc2c(c1)[C@@H]1c3cc(OC)c(OC)cc3CC[C@H]1N(Cc1ccccc1)C2=O. The number of aryl methyl sites for hydroxylation is 1. The fraction of sp³-hybridized carbons (Fsp3) is 0.296. The molecule has 1 amide bonds. The summed E-state index contributed by atoms with van der Waals surface area (Å²) in [5.74, 6) is 2.34. The van der Waals surface area contributed by atoms with Gasteiger partial charge < -0.3 is 19.1 Å². The highest BCUT2D eigenvalue weighted by Gasteiger charge is 2.43. The predicted molar refractivity (Wildman–Crippen MR) is 123 cm³/mol. The second-order valence-corrected chi connectivity index (χ2v) is 8.36. The average Bonchev–Trinajstić information content (AvgIpc) is 2.85. The number of rotatable bonds is 5. The normalized spacial score (nSPS) is 19.0. The lowest BCUT2D eigenvalue weighted by atomic mass is 9.71. The van der Waals surface area contributed by atoms with E-state index in [4.69, 9.17) is 14.2 Å². The van der Waals surface area contributed by atoms with E-state index in [2.05, 4.69) is 29.2 Å². The summed E-state index contributed by atoms with van der Waals surface area (Å²) in [5, 5.41) is 0. The van der Waals surface area contributed by atoms with E-state index in [1.54, 1.807) is 21.3 Å². The summed E-state index contributed by atoms with van der Waals surface area (Å²) in [6.45, 7) is 0.592. The molecule has 32 heavy (non-hydrogen) atoms. The lowest BCUT2D eigenvalue weighted by Gasteiger charge is -2.46. The van der Waals surface area contributed by atoms with Crippen LogP contribution in [-0.2, 0) is 13.0 Å². The van der Waals surface area contributed by atoms with Crippen LogP contribution >= 0.6 is 0 Å². The summed E-state index contributed by atoms with van der Waals surface area (Å²) >= 11 is 0. The summed E-state index contributed by atoms with van der Waals surface area (Å²) in [5.41, 5.74) is 5.34. The van der Waals surface area contributed by atoms with Crippen LogP contribution in [0.5, 0.6) is 17.2 Å². The van der Waals surface area contributed by atoms with E-state index >= 15 is 0 Å². The number of amides is 1. The van der Waals surface area contributed by atoms with Crippen molar-refractivity contribution in [1.82, 2.24) is 4.90 Å². The first-order chi connectivity index (χ1) is 15.6. The highest BCUT2D eigenvalue weighted by atomic mass is 16.5. The minimum Gasteiger partial charge on any atom is -0.497 e. The van der Waals surface area contributed by atoms with Crippen molar-refractivity contribution in [2.24, 2.45) is 0 Å². The van der Waals surface area contributed by atoms with Crippen LogP contribution in [0.1, 0.15) is 45.0 Å². The molecule has 2 atom stereocenters. The van der Waals surface area contributed by atoms with E-state index in [1.807, 2.05) is 36.4 Å². The van der Waals surface area contributed by atoms with E-state index in [9.17, 15) is 4.79 Å². The average molecular weight is 430 g/mol. The van der Waals surface area contributed by atoms with E-state index < -0.39 is 0 Å². The Kier molecular flexibility index (Phi) is 5.25. The van der Waals surface area contributed by atoms with E-state index in [0.717, 1.165) is 41.0 Å². The van der Waals surface area contributed by atoms with E-state index in [1.165, 1.54) is 11.1 Å². The van der Waals surface area contributed by atoms with Gasteiger partial charge in [0.25, 0.3) is 5.91 Å². The van der Waals surface area contributed by atoms with Gasteiger partial charge in [0.2, 0.25) is 0 Å². The molecule has 0 bridgehead atoms. The van der Waals surface area contributed by atoms with Crippen LogP contribution in [0.25, 0.3) is 0 Å². The number of hydrogen-bond acceptors (Lipinski definition) is 4. The maximum atomic E-state index is 13.7. The number of carbonyl (C=O) groups excluding carboxylic acids is 1. The summed E-state index contributed by atoms with van der Waals surface area (Å²) in [6.07, 6.45) is 1.77. The Hall–Kier alpha value is -3.47. The Morgan fingerprint density at radius 2 is 1.62 bits per heavy atom. The molecule has 1 heterocycles. The third kappa shape index (κ3) is 3.29. The molecule has 0 fully saturated rings. The van der Waals surface area contributed by atoms with Crippen LogP contribution in [0.4, 0.5) is 0 Å². The van der Waals surface area contributed by atoms with Gasteiger partial charge in [-0.1, -0.05) is 30.3 Å². The molecule has 1 aliphatic carbocycles. The molecule has 1 aliphatic heterocycles. The van der Waals surface area contributed by atoms with Crippen molar-refractivity contribution < 1.29 is 19.0 Å². The zero-order valence-corrected chi connectivity index (χ0v) is 18.6. The number of benzene rings is 3. The maximum absolute atomic E-state index is 13.7. The van der Waals surface area contributed by atoms with Crippen molar-refractivity contribution in [1.29, 1.82) is 0 Å². The highest BCUT2D eigenvalue weighted by Crippen LogP contribution is 2.48. The molecule has 0 N–H and O–H groups in total. The fourth-order valence-corrected chi connectivity index (χ4v) is 5.23. The fourth-order valence-electron chi connectivity index (χ4n) is 5.23. The number of hydrogen-bond donors (Lipinski definition) is 0. The van der Waals surface area contributed by atoms with Crippen LogP contribution < -0.4 is 14.2 Å². The Morgan fingerprint density at radius 3 is 2.34 bits per heavy atom. The number of ether oxygens (including phenoxy) is 3. The molecular weight excluding hydrogens is 402 g/mol. The van der Waals surface area contributed by atoms with Crippen molar-refractivity contribution >= 4 is 5.91 Å². The first-order valence-corrected chi connectivity index (χ1v) is 10.9. The van der Waals surface area contributed by atoms with Gasteiger partial charge in [-0.3, -0.25) is 4.79 Å². The molecule has 5 nitrogen and oxygen atoms in total. The molecule has 0 spiro atoms. The van der Waals surface area contributed by atoms with Gasteiger partial charge in [-0.2, -0.15) is 0 Å². The Labute approximate surface area is 188 Å². The van der Waals surface area contributed by atoms with Crippen molar-refractivity contribution in [3.8, 4) is 17.2 Å². The molecule has 0 unspecified atom stereocenters. The Balaban J connectivity index is 1.68. The molecule has 0 saturated carbocycles. The molecule has 0 saturated heterocycles. The summed E-state index contributed by atoms with van der Waals surface area (Å²) in [6, 6.07) is 20.2. The quantitative estimate of drug-likeness (QED) is 0.584. The Bertz CT molecular complexity index is 1160. The lowest BCUT2D eigenvalue weighted by molar-refractivity contribution is 0.0586. The standard InChI is InChI=1S/C27H27NO4/c1-30-19-10-11-20-22(14-19)26-21-15-25(32-3)24(31-2)13-18(21)9-12-23(26)28(27(20)29)16-17-7-5-4-6-8-17/h4-8,10-11,13-15,23,26H,9,12,16H2,1-3H3/t23-,26+/m1/s1. The minimum absolute atomic E-state index is 0.0464. The van der Waals surface area contributed by atoms with Gasteiger partial charge in [0.15, 0.2) is 11.5 Å². The number of methoxy groups -OCH3 is 3. The third-order valence-electron chi connectivity index (χ3n) is 6.76. The van der Waals surface area contributed by atoms with E-state index in [-0.39, 0.29) is 17.9 Å². The van der Waals surface area contributed by atoms with Gasteiger partial charge in [-0.05, 0) is 65.4 Å². The lowest BCUT2D eigenvalue weighted by Crippen LogP contribution is -2.49. The third-order valence-corrected chi connectivity index (χ3v) is 6.76. The molecule has 3 aromatic carbocycles. The van der Waals surface area contributed by atoms with Crippen molar-refractivity contribution in [2.75, 3.05) is 21.3 Å². The first kappa shape index (κ1) is 20.4. The highest BCUT2D eigenvalue weighted by molar-refractivity contribution is 5.98. The molecule has 0 aromatic heterocycles. The number of nitrogens with zero attached hydrogens (tertiary/aromatic N) is 1. The van der Waals surface area contributed by atoms with Crippen molar-refractivity contribution in [2.45, 2.75) is 31.3 Å². The van der Waals surface area contributed by atoms with Crippen molar-refractivity contribution in [3.05, 3.63) is 88.5 Å². The largest absolute Gasteiger partial charge is 0.497 e. The molecule has 3 aromatic rings. The number of fused-ring (bicyclic) bond motifs is 5. The van der Waals surface area contributed by atoms with Crippen LogP contribution in [0.3, 0.4) is 0 Å². The first-order valence-electron chi connectivity index (χ1n) is 10.9. The molecule has 5 rings (SSSR count). The molecule has 2 aliphatic rings. The van der Waals surface area contributed by atoms with Gasteiger partial charge in [-0.25, -0.2) is 0 Å². The van der Waals surface area contributed by atoms with Crippen LogP contribution in [-0.4, -0.2) is 38.2 Å². The second kappa shape index (κ2) is 8.23. The molecule has 164 valence electrons. The van der Waals surface area contributed by atoms with Crippen LogP contribution in [0.15, 0.2) is 60.7 Å². The van der Waals surface area contributed by atoms with Gasteiger partial charge >= 0.3 is 0 Å². The molecular formula is C27H27NO4. The van der Waals surface area contributed by atoms with Crippen LogP contribution in [0.2, 0.25) is 0 Å².